The minimum atomic E-state index is -1.25. The van der Waals surface area contributed by atoms with Gasteiger partial charge in [-0.2, -0.15) is 0 Å². The molecule has 0 spiro atoms. The molecule has 0 bridgehead atoms. The molecular weight excluding hydrogens is 1200 g/mol. The highest BCUT2D eigenvalue weighted by atomic mass is 35.5. The number of aromatic nitrogens is 8. The Balaban J connectivity index is 0.000000146. The van der Waals surface area contributed by atoms with E-state index in [0.717, 1.165) is 61.5 Å². The van der Waals surface area contributed by atoms with E-state index in [9.17, 15) is 33.9 Å². The van der Waals surface area contributed by atoms with Gasteiger partial charge < -0.3 is 47.2 Å². The van der Waals surface area contributed by atoms with Crippen LogP contribution < -0.4 is 28.0 Å². The Bertz CT molecular complexity index is 4740. The predicted octanol–water partition coefficient (Wildman–Crippen LogP) is 12.7. The largest absolute Gasteiger partial charge is 0.477 e. The van der Waals surface area contributed by atoms with Crippen molar-refractivity contribution in [3.63, 3.8) is 0 Å². The fourth-order valence-corrected chi connectivity index (χ4v) is 10.8. The highest BCUT2D eigenvalue weighted by Gasteiger charge is 2.22. The minimum absolute atomic E-state index is 0.0524. The summed E-state index contributed by atoms with van der Waals surface area (Å²) in [5, 5.41) is 25.3. The molecule has 3 N–H and O–H groups in total. The first-order chi connectivity index (χ1) is 44.6. The van der Waals surface area contributed by atoms with Crippen LogP contribution in [0, 0.1) is 62.0 Å². The summed E-state index contributed by atoms with van der Waals surface area (Å²) in [5.74, 6) is 0.564. The summed E-state index contributed by atoms with van der Waals surface area (Å²) >= 11 is 6.12. The molecule has 0 unspecified atom stereocenters. The van der Waals surface area contributed by atoms with Crippen LogP contribution in [-0.4, -0.2) is 55.9 Å². The Morgan fingerprint density at radius 3 is 1.01 bits per heavy atom. The van der Waals surface area contributed by atoms with Crippen LogP contribution in [0.25, 0.3) is 49.4 Å². The molecule has 93 heavy (non-hydrogen) atoms. The zero-order valence-electron chi connectivity index (χ0n) is 52.0. The maximum Gasteiger partial charge on any atom is 0.341 e. The molecule has 8 heterocycles. The topological polar surface area (TPSA) is 277 Å². The number of carbonyl (C=O) groups is 2. The number of nitrogens with zero attached hydrogens (tertiary/aromatic N) is 9. The Morgan fingerprint density at radius 2 is 0.720 bits per heavy atom. The maximum absolute atomic E-state index is 12.5. The molecule has 22 heteroatoms. The summed E-state index contributed by atoms with van der Waals surface area (Å²) in [6.07, 6.45) is 6.91. The first-order valence-corrected chi connectivity index (χ1v) is 29.4. The van der Waals surface area contributed by atoms with E-state index in [1.165, 1.54) is 21.3 Å². The van der Waals surface area contributed by atoms with E-state index in [1.807, 2.05) is 156 Å². The highest BCUT2D eigenvalue weighted by Crippen LogP contribution is 2.31. The number of hydrogen-bond acceptors (Lipinski definition) is 14. The Kier molecular flexibility index (Phi) is 20.7. The number of pyridine rings is 4. The highest BCUT2D eigenvalue weighted by molar-refractivity contribution is 6.30. The summed E-state index contributed by atoms with van der Waals surface area (Å²) < 4.78 is 26.8. The zero-order valence-corrected chi connectivity index (χ0v) is 52.8. The SMILES string of the molecule is Cc1noc(C)c1-c1cc(C(=O)O)c(=O)n(Cc2ccccc2)c1.Cc1noc(C)c1-c1cc(C(N)=O)c(=O)n(Cc2ccccc2)c1.Cc1noc(C)c1-c1cc(Cl)c(=O)n(Cc2ccccc2)c1.[C-]#[N+]c1cc(-c2c(C)noc2C)cn(Cc2ccccc2)c1=O. The molecule has 0 atom stereocenters. The number of benzene rings is 4. The van der Waals surface area contributed by atoms with E-state index in [4.69, 9.17) is 42.0 Å². The smallest absolute Gasteiger partial charge is 0.341 e. The second-order valence-electron chi connectivity index (χ2n) is 21.7. The maximum atomic E-state index is 12.5. The molecule has 4 aromatic carbocycles. The number of aryl methyl sites for hydroxylation is 8. The lowest BCUT2D eigenvalue weighted by Crippen LogP contribution is -2.29. The molecule has 0 aliphatic rings. The second kappa shape index (κ2) is 29.3. The van der Waals surface area contributed by atoms with Crippen LogP contribution >= 0.6 is 11.6 Å². The summed E-state index contributed by atoms with van der Waals surface area (Å²) in [6, 6.07) is 44.5. The van der Waals surface area contributed by atoms with Gasteiger partial charge in [0.1, 0.15) is 39.2 Å². The number of carboxylic acid groups (broad SMARTS) is 1. The van der Waals surface area contributed by atoms with Gasteiger partial charge in [-0.05, 0) is 107 Å². The molecule has 0 saturated carbocycles. The lowest BCUT2D eigenvalue weighted by atomic mass is 10.0. The fourth-order valence-electron chi connectivity index (χ4n) is 10.6. The van der Waals surface area contributed by atoms with Gasteiger partial charge in [-0.25, -0.2) is 9.64 Å². The molecule has 470 valence electrons. The van der Waals surface area contributed by atoms with Gasteiger partial charge in [0.2, 0.25) is 0 Å². The quantitative estimate of drug-likeness (QED) is 0.0958. The van der Waals surface area contributed by atoms with Gasteiger partial charge in [0.25, 0.3) is 33.8 Å². The van der Waals surface area contributed by atoms with Crippen molar-refractivity contribution in [2.75, 3.05) is 0 Å². The molecule has 0 aliphatic carbocycles. The van der Waals surface area contributed by atoms with Crippen LogP contribution in [0.1, 0.15) is 88.8 Å². The van der Waals surface area contributed by atoms with E-state index in [-0.39, 0.29) is 39.5 Å². The van der Waals surface area contributed by atoms with Crippen LogP contribution in [0.5, 0.6) is 0 Å². The Morgan fingerprint density at radius 1 is 0.441 bits per heavy atom. The third kappa shape index (κ3) is 15.5. The van der Waals surface area contributed by atoms with Crippen LogP contribution in [0.2, 0.25) is 5.02 Å². The lowest BCUT2D eigenvalue weighted by Gasteiger charge is -2.11. The molecular formula is C71H63ClN10O11. The molecule has 0 fully saturated rings. The van der Waals surface area contributed by atoms with Crippen molar-refractivity contribution >= 4 is 29.2 Å². The average Bonchev–Trinajstić information content (AvgIpc) is 1.82. The van der Waals surface area contributed by atoms with Crippen LogP contribution in [0.4, 0.5) is 5.69 Å². The van der Waals surface area contributed by atoms with Crippen molar-refractivity contribution in [1.82, 2.24) is 38.9 Å². The molecule has 1 amide bonds. The molecule has 12 aromatic rings. The monoisotopic (exact) mass is 1270 g/mol. The van der Waals surface area contributed by atoms with Crippen molar-refractivity contribution in [3.05, 3.63) is 307 Å². The van der Waals surface area contributed by atoms with Crippen LogP contribution in [-0.2, 0) is 26.2 Å². The van der Waals surface area contributed by atoms with Gasteiger partial charge in [-0.1, -0.05) is 154 Å². The van der Waals surface area contributed by atoms with Crippen LogP contribution in [0.3, 0.4) is 0 Å². The lowest BCUT2D eigenvalue weighted by molar-refractivity contribution is 0.0694. The van der Waals surface area contributed by atoms with E-state index < -0.39 is 23.0 Å². The first-order valence-electron chi connectivity index (χ1n) is 29.0. The number of hydrogen-bond donors (Lipinski definition) is 2. The van der Waals surface area contributed by atoms with E-state index in [2.05, 4.69) is 25.5 Å². The zero-order chi connectivity index (χ0) is 66.6. The summed E-state index contributed by atoms with van der Waals surface area (Å²) in [7, 11) is 0. The second-order valence-corrected chi connectivity index (χ2v) is 22.1. The molecule has 8 aromatic heterocycles. The van der Waals surface area contributed by atoms with E-state index in [0.29, 0.717) is 70.8 Å². The van der Waals surface area contributed by atoms with Crippen molar-refractivity contribution in [1.29, 1.82) is 0 Å². The Labute approximate surface area is 537 Å². The van der Waals surface area contributed by atoms with Gasteiger partial charge >= 0.3 is 5.97 Å². The number of rotatable bonds is 14. The number of primary amides is 1. The van der Waals surface area contributed by atoms with E-state index >= 15 is 0 Å². The normalized spacial score (nSPS) is 10.7. The molecule has 0 aliphatic heterocycles. The number of amides is 1. The number of nitrogens with two attached hydrogens (primary N) is 1. The number of carbonyl (C=O) groups excluding carboxylic acids is 1. The fraction of sp³-hybridized carbons (Fsp3) is 0.169. The first kappa shape index (κ1) is 65.7. The van der Waals surface area contributed by atoms with Gasteiger partial charge in [0, 0.05) is 70.3 Å². The predicted molar refractivity (Wildman–Crippen MR) is 352 cm³/mol. The Hall–Kier alpha value is -11.8. The van der Waals surface area contributed by atoms with Gasteiger partial charge in [-0.3, -0.25) is 24.0 Å². The number of halogens is 1. The summed E-state index contributed by atoms with van der Waals surface area (Å²) in [4.78, 5) is 76.2. The van der Waals surface area contributed by atoms with Gasteiger partial charge in [-0.15, -0.1) is 0 Å². The van der Waals surface area contributed by atoms with Crippen molar-refractivity contribution in [2.24, 2.45) is 5.73 Å². The van der Waals surface area contributed by atoms with Crippen molar-refractivity contribution in [2.45, 2.75) is 81.6 Å². The minimum Gasteiger partial charge on any atom is -0.477 e. The van der Waals surface area contributed by atoms with Crippen molar-refractivity contribution in [3.8, 4) is 44.5 Å². The average molecular weight is 1270 g/mol. The third-order valence-corrected chi connectivity index (χ3v) is 15.2. The van der Waals surface area contributed by atoms with Gasteiger partial charge in [0.15, 0.2) is 0 Å². The molecule has 12 rings (SSSR count). The molecule has 0 radical (unpaired) electrons. The summed E-state index contributed by atoms with van der Waals surface area (Å²) in [6.45, 7) is 23.3. The number of carboxylic acids is 1. The van der Waals surface area contributed by atoms with Gasteiger partial charge in [0.05, 0.1) is 49.0 Å². The molecule has 0 saturated heterocycles. The van der Waals surface area contributed by atoms with Crippen molar-refractivity contribution < 1.29 is 32.8 Å². The van der Waals surface area contributed by atoms with E-state index in [1.54, 1.807) is 66.8 Å². The number of aromatic carboxylic acids is 1. The molecule has 21 nitrogen and oxygen atoms in total. The third-order valence-electron chi connectivity index (χ3n) is 15.0. The summed E-state index contributed by atoms with van der Waals surface area (Å²) in [5.41, 5.74) is 16.5. The standard InChI is InChI=1S/C18H17N3O3.C18H15N3O2.C18H16N2O4.C17H15ClN2O2/c1-11-16(12(2)24-20-11)14-8-15(17(19)22)18(23)21(10-14)9-13-6-4-3-5-7-13;1-12-17(13(2)23-20-12)15-9-16(19-3)18(22)21(11-15)10-14-7-5-4-6-8-14;1-11-16(12(2)24-19-11)14-8-15(18(22)23)17(21)20(10-14)9-13-6-4-3-5-7-13;1-11-16(12(2)22-19-11)14-8-15(18)17(21)20(10-14)9-13-6-4-3-5-7-13/h3-8,10H,9H2,1-2H3,(H2,19,22);4-9,11H,10H2,1-2H3;3-8,10H,9H2,1-2H3,(H,22,23);3-8,10H,9H2,1-2H3. The van der Waals surface area contributed by atoms with Crippen LogP contribution in [0.15, 0.2) is 208 Å².